The van der Waals surface area contributed by atoms with Gasteiger partial charge in [0.2, 0.25) is 0 Å². The number of aliphatic hydroxyl groups is 2. The van der Waals surface area contributed by atoms with Crippen molar-refractivity contribution in [3.8, 4) is 0 Å². The number of methoxy groups -OCH3 is 1. The second-order valence-electron chi connectivity index (χ2n) is 4.55. The fourth-order valence-corrected chi connectivity index (χ4v) is 1.48. The van der Waals surface area contributed by atoms with E-state index in [9.17, 15) is 5.11 Å². The van der Waals surface area contributed by atoms with Gasteiger partial charge in [-0.2, -0.15) is 0 Å². The Morgan fingerprint density at radius 3 is 2.50 bits per heavy atom. The molecular weight excluding hydrogens is 206 g/mol. The zero-order valence-electron chi connectivity index (χ0n) is 10.7. The van der Waals surface area contributed by atoms with Crippen LogP contribution in [0, 0.1) is 0 Å². The van der Waals surface area contributed by atoms with E-state index >= 15 is 0 Å². The molecule has 0 fully saturated rings. The number of hydrogen-bond acceptors (Lipinski definition) is 4. The molecule has 3 N–H and O–H groups in total. The van der Waals surface area contributed by atoms with Gasteiger partial charge in [-0.25, -0.2) is 0 Å². The van der Waals surface area contributed by atoms with E-state index in [4.69, 9.17) is 9.84 Å². The first-order valence-electron chi connectivity index (χ1n) is 6.15. The molecule has 0 aliphatic carbocycles. The molecule has 1 atom stereocenters. The van der Waals surface area contributed by atoms with Gasteiger partial charge >= 0.3 is 0 Å². The molecule has 0 saturated heterocycles. The molecule has 0 radical (unpaired) electrons. The Bertz CT molecular complexity index is 151. The minimum absolute atomic E-state index is 0.291. The SMILES string of the molecule is COCCC(C)(O)CNCCCCCCO. The first kappa shape index (κ1) is 15.8. The molecule has 0 aromatic heterocycles. The van der Waals surface area contributed by atoms with Crippen LogP contribution < -0.4 is 5.32 Å². The summed E-state index contributed by atoms with van der Waals surface area (Å²) < 4.78 is 4.94. The lowest BCUT2D eigenvalue weighted by molar-refractivity contribution is 0.0251. The van der Waals surface area contributed by atoms with Gasteiger partial charge in [0, 0.05) is 33.3 Å². The van der Waals surface area contributed by atoms with Crippen LogP contribution in [-0.2, 0) is 4.74 Å². The molecule has 4 nitrogen and oxygen atoms in total. The normalized spacial score (nSPS) is 15.0. The summed E-state index contributed by atoms with van der Waals surface area (Å²) in [6, 6.07) is 0. The van der Waals surface area contributed by atoms with Crippen molar-refractivity contribution < 1.29 is 14.9 Å². The van der Waals surface area contributed by atoms with Crippen LogP contribution >= 0.6 is 0 Å². The zero-order chi connectivity index (χ0) is 12.3. The first-order chi connectivity index (χ1) is 7.62. The monoisotopic (exact) mass is 233 g/mol. The van der Waals surface area contributed by atoms with Crippen molar-refractivity contribution in [3.63, 3.8) is 0 Å². The summed E-state index contributed by atoms with van der Waals surface area (Å²) in [4.78, 5) is 0. The third-order valence-corrected chi connectivity index (χ3v) is 2.61. The van der Waals surface area contributed by atoms with Gasteiger partial charge in [0.15, 0.2) is 0 Å². The Labute approximate surface area is 99.0 Å². The minimum atomic E-state index is -0.679. The number of unbranched alkanes of at least 4 members (excludes halogenated alkanes) is 3. The molecule has 0 aliphatic heterocycles. The second-order valence-corrected chi connectivity index (χ2v) is 4.55. The van der Waals surface area contributed by atoms with Crippen molar-refractivity contribution in [2.24, 2.45) is 0 Å². The third kappa shape index (κ3) is 10.4. The van der Waals surface area contributed by atoms with Gasteiger partial charge in [-0.1, -0.05) is 12.8 Å². The Hall–Kier alpha value is -0.160. The fourth-order valence-electron chi connectivity index (χ4n) is 1.48. The van der Waals surface area contributed by atoms with Crippen molar-refractivity contribution >= 4 is 0 Å². The van der Waals surface area contributed by atoms with Crippen LogP contribution in [0.25, 0.3) is 0 Å². The van der Waals surface area contributed by atoms with Crippen LogP contribution in [0.5, 0.6) is 0 Å². The molecule has 4 heteroatoms. The van der Waals surface area contributed by atoms with Crippen LogP contribution in [0.2, 0.25) is 0 Å². The molecular formula is C12H27NO3. The maximum Gasteiger partial charge on any atom is 0.0765 e. The maximum absolute atomic E-state index is 9.91. The van der Waals surface area contributed by atoms with Gasteiger partial charge in [0.25, 0.3) is 0 Å². The average molecular weight is 233 g/mol. The van der Waals surface area contributed by atoms with E-state index in [0.29, 0.717) is 26.2 Å². The minimum Gasteiger partial charge on any atom is -0.396 e. The Morgan fingerprint density at radius 2 is 1.88 bits per heavy atom. The average Bonchev–Trinajstić information content (AvgIpc) is 2.25. The van der Waals surface area contributed by atoms with Crippen LogP contribution in [0.3, 0.4) is 0 Å². The summed E-state index contributed by atoms with van der Waals surface area (Å²) in [5, 5.41) is 21.8. The molecule has 0 amide bonds. The summed E-state index contributed by atoms with van der Waals surface area (Å²) in [5.41, 5.74) is -0.679. The zero-order valence-corrected chi connectivity index (χ0v) is 10.7. The lowest BCUT2D eigenvalue weighted by Crippen LogP contribution is -2.39. The van der Waals surface area contributed by atoms with E-state index in [2.05, 4.69) is 5.32 Å². The molecule has 1 unspecified atom stereocenters. The van der Waals surface area contributed by atoms with Crippen LogP contribution in [0.15, 0.2) is 0 Å². The van der Waals surface area contributed by atoms with Gasteiger partial charge in [0.1, 0.15) is 0 Å². The van der Waals surface area contributed by atoms with Gasteiger partial charge in [-0.15, -0.1) is 0 Å². The Balaban J connectivity index is 3.29. The second kappa shape index (κ2) is 10.0. The van der Waals surface area contributed by atoms with E-state index < -0.39 is 5.60 Å². The van der Waals surface area contributed by atoms with Crippen LogP contribution in [-0.4, -0.2) is 49.2 Å². The number of hydrogen-bond donors (Lipinski definition) is 3. The van der Waals surface area contributed by atoms with Gasteiger partial charge in [0.05, 0.1) is 5.60 Å². The number of aliphatic hydroxyl groups excluding tert-OH is 1. The highest BCUT2D eigenvalue weighted by atomic mass is 16.5. The molecule has 0 heterocycles. The maximum atomic E-state index is 9.91. The quantitative estimate of drug-likeness (QED) is 0.464. The summed E-state index contributed by atoms with van der Waals surface area (Å²) >= 11 is 0. The van der Waals surface area contributed by atoms with Gasteiger partial charge < -0.3 is 20.3 Å². The summed E-state index contributed by atoms with van der Waals surface area (Å²) in [6.07, 6.45) is 4.86. The molecule has 0 aliphatic rings. The number of rotatable bonds is 11. The third-order valence-electron chi connectivity index (χ3n) is 2.61. The predicted molar refractivity (Wildman–Crippen MR) is 65.5 cm³/mol. The van der Waals surface area contributed by atoms with E-state index in [1.807, 2.05) is 6.92 Å². The van der Waals surface area contributed by atoms with E-state index in [1.54, 1.807) is 7.11 Å². The topological polar surface area (TPSA) is 61.7 Å². The van der Waals surface area contributed by atoms with Crippen molar-refractivity contribution in [1.29, 1.82) is 0 Å². The molecule has 0 saturated carbocycles. The molecule has 0 aromatic carbocycles. The van der Waals surface area contributed by atoms with Gasteiger partial charge in [-0.05, 0) is 26.3 Å². The number of nitrogens with one attached hydrogen (secondary N) is 1. The smallest absolute Gasteiger partial charge is 0.0765 e. The molecule has 98 valence electrons. The van der Waals surface area contributed by atoms with E-state index in [1.165, 1.54) is 0 Å². The molecule has 0 bridgehead atoms. The summed E-state index contributed by atoms with van der Waals surface area (Å²) in [5.74, 6) is 0. The molecule has 16 heavy (non-hydrogen) atoms. The molecule has 0 aromatic rings. The highest BCUT2D eigenvalue weighted by Gasteiger charge is 2.18. The number of ether oxygens (including phenoxy) is 1. The van der Waals surface area contributed by atoms with Crippen molar-refractivity contribution in [2.45, 2.75) is 44.6 Å². The fraction of sp³-hybridized carbons (Fsp3) is 1.00. The van der Waals surface area contributed by atoms with Crippen molar-refractivity contribution in [2.75, 3.05) is 33.4 Å². The summed E-state index contributed by atoms with van der Waals surface area (Å²) in [6.45, 7) is 4.24. The standard InChI is InChI=1S/C12H27NO3/c1-12(15,7-10-16-2)11-13-8-5-3-4-6-9-14/h13-15H,3-11H2,1-2H3. The Kier molecular flexibility index (Phi) is 9.92. The van der Waals surface area contributed by atoms with Crippen LogP contribution in [0.4, 0.5) is 0 Å². The highest BCUT2D eigenvalue weighted by molar-refractivity contribution is 4.74. The lowest BCUT2D eigenvalue weighted by Gasteiger charge is -2.23. The van der Waals surface area contributed by atoms with Crippen molar-refractivity contribution in [3.05, 3.63) is 0 Å². The van der Waals surface area contributed by atoms with Crippen molar-refractivity contribution in [1.82, 2.24) is 5.32 Å². The predicted octanol–water partition coefficient (Wildman–Crippen LogP) is 0.916. The Morgan fingerprint density at radius 1 is 1.19 bits per heavy atom. The summed E-state index contributed by atoms with van der Waals surface area (Å²) in [7, 11) is 1.64. The van der Waals surface area contributed by atoms with E-state index in [0.717, 1.165) is 32.2 Å². The van der Waals surface area contributed by atoms with E-state index in [-0.39, 0.29) is 0 Å². The molecule has 0 rings (SSSR count). The highest BCUT2D eigenvalue weighted by Crippen LogP contribution is 2.07. The first-order valence-corrected chi connectivity index (χ1v) is 6.15. The van der Waals surface area contributed by atoms with Gasteiger partial charge in [-0.3, -0.25) is 0 Å². The largest absolute Gasteiger partial charge is 0.396 e. The van der Waals surface area contributed by atoms with Crippen LogP contribution in [0.1, 0.15) is 39.0 Å². The molecule has 0 spiro atoms. The lowest BCUT2D eigenvalue weighted by atomic mass is 10.0.